The van der Waals surface area contributed by atoms with Crippen LogP contribution in [0.4, 0.5) is 5.69 Å². The maximum Gasteiger partial charge on any atom is 0.241 e. The molecule has 0 aliphatic heterocycles. The molecule has 21 heavy (non-hydrogen) atoms. The molecule has 6 heteroatoms. The molecular formula is C15H24N2O3S. The third-order valence-corrected chi connectivity index (χ3v) is 6.11. The van der Waals surface area contributed by atoms with Crippen molar-refractivity contribution >= 4 is 15.7 Å². The molecule has 2 rings (SSSR count). The predicted octanol–water partition coefficient (Wildman–Crippen LogP) is 1.80. The summed E-state index contributed by atoms with van der Waals surface area (Å²) >= 11 is 0. The summed E-state index contributed by atoms with van der Waals surface area (Å²) in [6, 6.07) is 4.74. The number of nitrogens with two attached hydrogens (primary N) is 1. The van der Waals surface area contributed by atoms with Crippen LogP contribution >= 0.6 is 0 Å². The lowest BCUT2D eigenvalue weighted by atomic mass is 9.78. The third-order valence-electron chi connectivity index (χ3n) is 4.37. The molecule has 1 saturated carbocycles. The van der Waals surface area contributed by atoms with E-state index in [0.29, 0.717) is 30.0 Å². The maximum absolute atomic E-state index is 12.6. The summed E-state index contributed by atoms with van der Waals surface area (Å²) in [5.41, 5.74) is 6.08. The summed E-state index contributed by atoms with van der Waals surface area (Å²) in [4.78, 5) is 0.225. The van der Waals surface area contributed by atoms with Gasteiger partial charge in [0.2, 0.25) is 10.0 Å². The summed E-state index contributed by atoms with van der Waals surface area (Å²) in [7, 11) is -3.66. The van der Waals surface area contributed by atoms with Crippen molar-refractivity contribution in [3.63, 3.8) is 0 Å². The lowest BCUT2D eigenvalue weighted by Crippen LogP contribution is -2.53. The van der Waals surface area contributed by atoms with Crippen molar-refractivity contribution in [3.8, 4) is 0 Å². The van der Waals surface area contributed by atoms with Crippen molar-refractivity contribution in [2.75, 3.05) is 12.3 Å². The van der Waals surface area contributed by atoms with Crippen molar-refractivity contribution in [1.29, 1.82) is 0 Å². The molecule has 1 aliphatic carbocycles. The van der Waals surface area contributed by atoms with E-state index in [1.165, 1.54) is 6.07 Å². The Balaban J connectivity index is 2.27. The Morgan fingerprint density at radius 1 is 1.38 bits per heavy atom. The van der Waals surface area contributed by atoms with Crippen LogP contribution in [-0.4, -0.2) is 25.7 Å². The number of anilines is 1. The van der Waals surface area contributed by atoms with Crippen LogP contribution in [0.25, 0.3) is 0 Å². The third kappa shape index (κ3) is 3.56. The Kier molecular flexibility index (Phi) is 4.60. The van der Waals surface area contributed by atoms with Crippen LogP contribution in [0.5, 0.6) is 0 Å². The smallest absolute Gasteiger partial charge is 0.241 e. The Morgan fingerprint density at radius 2 is 2.00 bits per heavy atom. The molecule has 0 bridgehead atoms. The minimum atomic E-state index is -3.66. The van der Waals surface area contributed by atoms with Gasteiger partial charge in [0.25, 0.3) is 0 Å². The molecule has 0 saturated heterocycles. The van der Waals surface area contributed by atoms with Gasteiger partial charge < -0.3 is 10.8 Å². The van der Waals surface area contributed by atoms with E-state index in [1.807, 2.05) is 0 Å². The molecule has 0 spiro atoms. The van der Waals surface area contributed by atoms with Gasteiger partial charge in [0.1, 0.15) is 0 Å². The lowest BCUT2D eigenvalue weighted by molar-refractivity contribution is 0.125. The quantitative estimate of drug-likeness (QED) is 0.739. The molecule has 1 fully saturated rings. The molecule has 1 aliphatic rings. The number of hydrogen-bond donors (Lipinski definition) is 3. The number of sulfonamides is 1. The van der Waals surface area contributed by atoms with Crippen LogP contribution in [0.3, 0.4) is 0 Å². The van der Waals surface area contributed by atoms with Crippen LogP contribution in [0.15, 0.2) is 23.1 Å². The Bertz CT molecular complexity index is 605. The first-order chi connectivity index (χ1) is 9.78. The number of aliphatic hydroxyl groups excluding tert-OH is 1. The average molecular weight is 312 g/mol. The molecular weight excluding hydrogens is 288 g/mol. The zero-order chi connectivity index (χ0) is 15.7. The highest BCUT2D eigenvalue weighted by Gasteiger charge is 2.37. The van der Waals surface area contributed by atoms with Crippen LogP contribution in [-0.2, 0) is 10.0 Å². The highest BCUT2D eigenvalue weighted by atomic mass is 32.2. The lowest BCUT2D eigenvalue weighted by Gasteiger charge is -2.38. The Morgan fingerprint density at radius 3 is 2.52 bits per heavy atom. The fraction of sp³-hybridized carbons (Fsp3) is 0.600. The summed E-state index contributed by atoms with van der Waals surface area (Å²) < 4.78 is 28.0. The van der Waals surface area contributed by atoms with Gasteiger partial charge in [-0.25, -0.2) is 13.1 Å². The zero-order valence-electron chi connectivity index (χ0n) is 12.6. The van der Waals surface area contributed by atoms with Gasteiger partial charge in [0.05, 0.1) is 17.0 Å². The second-order valence-corrected chi connectivity index (χ2v) is 7.90. The first kappa shape index (κ1) is 16.3. The number of rotatable bonds is 4. The summed E-state index contributed by atoms with van der Waals surface area (Å²) in [6.45, 7) is 3.70. The first-order valence-electron chi connectivity index (χ1n) is 7.29. The molecule has 0 aromatic heterocycles. The summed E-state index contributed by atoms with van der Waals surface area (Å²) in [5, 5.41) is 9.70. The van der Waals surface area contributed by atoms with Gasteiger partial charge in [-0.2, -0.15) is 0 Å². The van der Waals surface area contributed by atoms with Crippen molar-refractivity contribution in [3.05, 3.63) is 23.8 Å². The second kappa shape index (κ2) is 5.94. The minimum absolute atomic E-state index is 0.174. The molecule has 0 unspecified atom stereocenters. The molecule has 1 aromatic rings. The highest BCUT2D eigenvalue weighted by Crippen LogP contribution is 2.33. The van der Waals surface area contributed by atoms with E-state index in [0.717, 1.165) is 12.8 Å². The SMILES string of the molecule is Cc1cc(N)ccc1S(=O)(=O)NC1(CO)CCC(C)CC1. The van der Waals surface area contributed by atoms with Gasteiger partial charge in [-0.3, -0.25) is 0 Å². The van der Waals surface area contributed by atoms with Gasteiger partial charge in [-0.1, -0.05) is 6.92 Å². The molecule has 0 amide bonds. The summed E-state index contributed by atoms with van der Waals surface area (Å²) in [6.07, 6.45) is 3.17. The molecule has 5 nitrogen and oxygen atoms in total. The van der Waals surface area contributed by atoms with Crippen LogP contribution in [0, 0.1) is 12.8 Å². The van der Waals surface area contributed by atoms with E-state index < -0.39 is 15.6 Å². The largest absolute Gasteiger partial charge is 0.399 e. The first-order valence-corrected chi connectivity index (χ1v) is 8.77. The van der Waals surface area contributed by atoms with Gasteiger partial charge in [0.15, 0.2) is 0 Å². The summed E-state index contributed by atoms with van der Waals surface area (Å²) in [5.74, 6) is 0.576. The average Bonchev–Trinajstić information content (AvgIpc) is 2.41. The van der Waals surface area contributed by atoms with Crippen molar-refractivity contribution in [2.24, 2.45) is 5.92 Å². The number of nitrogens with one attached hydrogen (secondary N) is 1. The highest BCUT2D eigenvalue weighted by molar-refractivity contribution is 7.89. The fourth-order valence-corrected chi connectivity index (χ4v) is 4.60. The number of aryl methyl sites for hydroxylation is 1. The topological polar surface area (TPSA) is 92.4 Å². The number of nitrogen functional groups attached to an aromatic ring is 1. The van der Waals surface area contributed by atoms with E-state index >= 15 is 0 Å². The molecule has 0 atom stereocenters. The van der Waals surface area contributed by atoms with Gasteiger partial charge in [-0.05, 0) is 62.3 Å². The van der Waals surface area contributed by atoms with Crippen molar-refractivity contribution in [2.45, 2.75) is 50.0 Å². The molecule has 118 valence electrons. The number of aliphatic hydroxyl groups is 1. The maximum atomic E-state index is 12.6. The van der Waals surface area contributed by atoms with Gasteiger partial charge in [0, 0.05) is 5.69 Å². The normalized spacial score (nSPS) is 26.7. The second-order valence-electron chi connectivity index (χ2n) is 6.25. The Labute approximate surface area is 126 Å². The number of benzene rings is 1. The molecule has 4 N–H and O–H groups in total. The van der Waals surface area contributed by atoms with E-state index in [2.05, 4.69) is 11.6 Å². The van der Waals surface area contributed by atoms with Crippen molar-refractivity contribution < 1.29 is 13.5 Å². The monoisotopic (exact) mass is 312 g/mol. The van der Waals surface area contributed by atoms with E-state index in [9.17, 15) is 13.5 Å². The molecule has 1 aromatic carbocycles. The predicted molar refractivity (Wildman–Crippen MR) is 83.4 cm³/mol. The fourth-order valence-electron chi connectivity index (χ4n) is 2.92. The zero-order valence-corrected chi connectivity index (χ0v) is 13.4. The van der Waals surface area contributed by atoms with Gasteiger partial charge in [-0.15, -0.1) is 0 Å². The van der Waals surface area contributed by atoms with Crippen LogP contribution in [0.1, 0.15) is 38.2 Å². The molecule has 0 heterocycles. The minimum Gasteiger partial charge on any atom is -0.399 e. The van der Waals surface area contributed by atoms with Crippen LogP contribution in [0.2, 0.25) is 0 Å². The molecule has 0 radical (unpaired) electrons. The van der Waals surface area contributed by atoms with E-state index in [-0.39, 0.29) is 11.5 Å². The van der Waals surface area contributed by atoms with Crippen molar-refractivity contribution in [1.82, 2.24) is 4.72 Å². The van der Waals surface area contributed by atoms with E-state index in [1.54, 1.807) is 19.1 Å². The standard InChI is InChI=1S/C15H24N2O3S/c1-11-5-7-15(10-18,8-6-11)17-21(19,20)14-4-3-13(16)9-12(14)2/h3-4,9,11,17-18H,5-8,10,16H2,1-2H3. The van der Waals surface area contributed by atoms with Crippen LogP contribution < -0.4 is 10.5 Å². The van der Waals surface area contributed by atoms with Gasteiger partial charge >= 0.3 is 0 Å². The number of hydrogen-bond acceptors (Lipinski definition) is 4. The van der Waals surface area contributed by atoms with E-state index in [4.69, 9.17) is 5.73 Å². The Hall–Kier alpha value is -1.11.